The van der Waals surface area contributed by atoms with Crippen molar-refractivity contribution in [1.29, 1.82) is 0 Å². The van der Waals surface area contributed by atoms with Crippen molar-refractivity contribution < 1.29 is 4.79 Å². The molecule has 3 aliphatic rings. The molecule has 1 saturated carbocycles. The van der Waals surface area contributed by atoms with Crippen LogP contribution in [0.3, 0.4) is 0 Å². The molecule has 2 fully saturated rings. The predicted octanol–water partition coefficient (Wildman–Crippen LogP) is 6.81. The quantitative estimate of drug-likeness (QED) is 0.262. The molecule has 3 heterocycles. The van der Waals surface area contributed by atoms with Gasteiger partial charge in [0, 0.05) is 22.5 Å². The molecule has 0 radical (unpaired) electrons. The zero-order chi connectivity index (χ0) is 26.1. The maximum absolute atomic E-state index is 14.1. The van der Waals surface area contributed by atoms with E-state index in [1.807, 2.05) is 25.1 Å². The van der Waals surface area contributed by atoms with Gasteiger partial charge in [-0.15, -0.1) is 11.3 Å². The fraction of sp³-hybridized carbons (Fsp3) is 0.552. The fourth-order valence-corrected chi connectivity index (χ4v) is 9.66. The van der Waals surface area contributed by atoms with Gasteiger partial charge in [-0.1, -0.05) is 50.2 Å². The first-order valence-electron chi connectivity index (χ1n) is 13.3. The van der Waals surface area contributed by atoms with Crippen LogP contribution in [0.15, 0.2) is 28.2 Å². The second-order valence-corrected chi connectivity index (χ2v) is 14.8. The zero-order valence-corrected chi connectivity index (χ0v) is 24.4. The van der Waals surface area contributed by atoms with Crippen LogP contribution in [-0.2, 0) is 17.6 Å². The van der Waals surface area contributed by atoms with E-state index in [1.165, 1.54) is 22.2 Å². The number of thiophene rings is 1. The minimum atomic E-state index is -0.0454. The average molecular weight is 556 g/mol. The SMILES string of the molecule is Cc1c(Cl)cccc1-n1c(SCC(=O)N2C[C@@]3(C)C[C@@H]2CC(C)(C)C3)nc2sc3c(c2c1=O)CCCC3. The summed E-state index contributed by atoms with van der Waals surface area (Å²) in [6.45, 7) is 9.74. The number of fused-ring (bicyclic) bond motifs is 5. The molecule has 196 valence electrons. The molecule has 1 aliphatic heterocycles. The standard InChI is InChI=1S/C29H34ClN3O2S2/c1-17-20(30)9-7-10-21(17)33-26(35)24-19-8-5-6-11-22(19)37-25(24)31-27(33)36-14-23(34)32-16-29(4)13-18(32)12-28(2,3)15-29/h7,9-10,18H,5-6,8,11-16H2,1-4H3/t18-,29-/m0/s1. The molecule has 0 spiro atoms. The number of benzene rings is 1. The molecule has 2 atom stereocenters. The Morgan fingerprint density at radius 3 is 2.81 bits per heavy atom. The predicted molar refractivity (Wildman–Crippen MR) is 154 cm³/mol. The van der Waals surface area contributed by atoms with Gasteiger partial charge in [0.05, 0.1) is 16.8 Å². The first kappa shape index (κ1) is 25.4. The number of likely N-dealkylation sites (tertiary alicyclic amines) is 1. The number of nitrogens with zero attached hydrogens (tertiary/aromatic N) is 3. The highest BCUT2D eigenvalue weighted by atomic mass is 35.5. The summed E-state index contributed by atoms with van der Waals surface area (Å²) in [4.78, 5) is 36.9. The summed E-state index contributed by atoms with van der Waals surface area (Å²) in [5.74, 6) is 0.418. The summed E-state index contributed by atoms with van der Waals surface area (Å²) in [6, 6.07) is 5.94. The van der Waals surface area contributed by atoms with Gasteiger partial charge in [0.25, 0.3) is 5.56 Å². The molecule has 3 aromatic rings. The van der Waals surface area contributed by atoms with E-state index >= 15 is 0 Å². The Kier molecular flexibility index (Phi) is 6.28. The van der Waals surface area contributed by atoms with Crippen LogP contribution in [-0.4, -0.2) is 38.7 Å². The number of hydrogen-bond donors (Lipinski definition) is 0. The number of hydrogen-bond acceptors (Lipinski definition) is 5. The summed E-state index contributed by atoms with van der Waals surface area (Å²) in [5.41, 5.74) is 3.16. The number of carbonyl (C=O) groups is 1. The van der Waals surface area contributed by atoms with Crippen LogP contribution in [0.2, 0.25) is 5.02 Å². The minimum Gasteiger partial charge on any atom is -0.338 e. The molecule has 8 heteroatoms. The third kappa shape index (κ3) is 4.45. The number of amides is 1. The minimum absolute atomic E-state index is 0.0454. The maximum atomic E-state index is 14.1. The number of rotatable bonds is 4. The van der Waals surface area contributed by atoms with Gasteiger partial charge in [-0.3, -0.25) is 14.2 Å². The fourth-order valence-electron chi connectivity index (χ4n) is 7.29. The molecule has 6 rings (SSSR count). The number of aryl methyl sites for hydroxylation is 2. The zero-order valence-electron chi connectivity index (χ0n) is 22.0. The van der Waals surface area contributed by atoms with Crippen molar-refractivity contribution in [3.63, 3.8) is 0 Å². The lowest BCUT2D eigenvalue weighted by atomic mass is 9.65. The summed E-state index contributed by atoms with van der Waals surface area (Å²) in [5, 5.41) is 1.94. The van der Waals surface area contributed by atoms with Gasteiger partial charge in [0.1, 0.15) is 4.83 Å². The van der Waals surface area contributed by atoms with Gasteiger partial charge in [-0.2, -0.15) is 0 Å². The Labute approximate surface area is 231 Å². The molecule has 0 unspecified atom stereocenters. The van der Waals surface area contributed by atoms with Gasteiger partial charge in [-0.25, -0.2) is 4.98 Å². The molecular weight excluding hydrogens is 522 g/mol. The van der Waals surface area contributed by atoms with Crippen LogP contribution >= 0.6 is 34.7 Å². The third-order valence-electron chi connectivity index (χ3n) is 8.50. The Morgan fingerprint density at radius 1 is 1.22 bits per heavy atom. The van der Waals surface area contributed by atoms with Crippen molar-refractivity contribution in [3.05, 3.63) is 49.6 Å². The molecule has 1 saturated heterocycles. The largest absolute Gasteiger partial charge is 0.338 e. The van der Waals surface area contributed by atoms with Crippen LogP contribution in [0, 0.1) is 17.8 Å². The molecule has 0 N–H and O–H groups in total. The molecular formula is C29H34ClN3O2S2. The number of carbonyl (C=O) groups excluding carboxylic acids is 1. The van der Waals surface area contributed by atoms with Crippen molar-refractivity contribution in [2.24, 2.45) is 10.8 Å². The lowest BCUT2D eigenvalue weighted by Gasteiger charge is -2.39. The highest BCUT2D eigenvalue weighted by Gasteiger charge is 2.50. The van der Waals surface area contributed by atoms with Crippen molar-refractivity contribution in [1.82, 2.24) is 14.5 Å². The second-order valence-electron chi connectivity index (χ2n) is 12.3. The van der Waals surface area contributed by atoms with Crippen LogP contribution in [0.5, 0.6) is 0 Å². The summed E-state index contributed by atoms with van der Waals surface area (Å²) >= 11 is 9.52. The van der Waals surface area contributed by atoms with Crippen molar-refractivity contribution in [3.8, 4) is 5.69 Å². The Morgan fingerprint density at radius 2 is 2.00 bits per heavy atom. The van der Waals surface area contributed by atoms with Crippen molar-refractivity contribution in [2.45, 2.75) is 83.8 Å². The van der Waals surface area contributed by atoms with Crippen LogP contribution < -0.4 is 5.56 Å². The lowest BCUT2D eigenvalue weighted by Crippen LogP contribution is -2.38. The number of halogens is 1. The van der Waals surface area contributed by atoms with E-state index in [-0.39, 0.29) is 28.0 Å². The van der Waals surface area contributed by atoms with E-state index in [4.69, 9.17) is 16.6 Å². The van der Waals surface area contributed by atoms with Gasteiger partial charge in [0.2, 0.25) is 5.91 Å². The van der Waals surface area contributed by atoms with E-state index in [9.17, 15) is 9.59 Å². The van der Waals surface area contributed by atoms with Crippen LogP contribution in [0.1, 0.15) is 68.9 Å². The molecule has 1 aromatic carbocycles. The lowest BCUT2D eigenvalue weighted by molar-refractivity contribution is -0.129. The highest BCUT2D eigenvalue weighted by Crippen LogP contribution is 2.52. The van der Waals surface area contributed by atoms with Crippen molar-refractivity contribution in [2.75, 3.05) is 12.3 Å². The van der Waals surface area contributed by atoms with E-state index in [1.54, 1.807) is 15.9 Å². The number of thioether (sulfide) groups is 1. The van der Waals surface area contributed by atoms with E-state index < -0.39 is 0 Å². The van der Waals surface area contributed by atoms with E-state index in [2.05, 4.69) is 25.7 Å². The topological polar surface area (TPSA) is 55.2 Å². The van der Waals surface area contributed by atoms with Gasteiger partial charge in [0.15, 0.2) is 5.16 Å². The molecule has 2 aromatic heterocycles. The third-order valence-corrected chi connectivity index (χ3v) is 11.0. The average Bonchev–Trinajstić information content (AvgIpc) is 3.32. The van der Waals surface area contributed by atoms with Crippen LogP contribution in [0.4, 0.5) is 0 Å². The highest BCUT2D eigenvalue weighted by molar-refractivity contribution is 7.99. The smallest absolute Gasteiger partial charge is 0.267 e. The Balaban J connectivity index is 1.38. The van der Waals surface area contributed by atoms with E-state index in [0.29, 0.717) is 16.2 Å². The van der Waals surface area contributed by atoms with Crippen LogP contribution in [0.25, 0.3) is 15.9 Å². The van der Waals surface area contributed by atoms with Gasteiger partial charge >= 0.3 is 0 Å². The first-order chi connectivity index (χ1) is 17.6. The molecule has 2 bridgehead atoms. The van der Waals surface area contributed by atoms with E-state index in [0.717, 1.165) is 73.0 Å². The summed E-state index contributed by atoms with van der Waals surface area (Å²) in [6.07, 6.45) is 7.49. The van der Waals surface area contributed by atoms with Gasteiger partial charge in [-0.05, 0) is 86.0 Å². The second kappa shape index (κ2) is 9.13. The Bertz CT molecular complexity index is 1480. The maximum Gasteiger partial charge on any atom is 0.267 e. The Hall–Kier alpha value is -1.83. The van der Waals surface area contributed by atoms with Gasteiger partial charge < -0.3 is 4.90 Å². The molecule has 37 heavy (non-hydrogen) atoms. The molecule has 2 aliphatic carbocycles. The number of aromatic nitrogens is 2. The molecule has 1 amide bonds. The van der Waals surface area contributed by atoms with Crippen molar-refractivity contribution >= 4 is 50.8 Å². The first-order valence-corrected chi connectivity index (χ1v) is 15.5. The normalized spacial score (nSPS) is 24.5. The summed E-state index contributed by atoms with van der Waals surface area (Å²) < 4.78 is 1.70. The monoisotopic (exact) mass is 555 g/mol. The molecule has 5 nitrogen and oxygen atoms in total. The summed E-state index contributed by atoms with van der Waals surface area (Å²) in [7, 11) is 0.